The van der Waals surface area contributed by atoms with Crippen LogP contribution in [0.5, 0.6) is 0 Å². The first-order valence-corrected chi connectivity index (χ1v) is 6.97. The number of aliphatic hydroxyl groups is 1. The summed E-state index contributed by atoms with van der Waals surface area (Å²) in [6.45, 7) is 2.21. The van der Waals surface area contributed by atoms with E-state index in [-0.39, 0.29) is 18.7 Å². The van der Waals surface area contributed by atoms with Crippen molar-refractivity contribution in [3.05, 3.63) is 52.5 Å². The fourth-order valence-electron chi connectivity index (χ4n) is 1.95. The maximum absolute atomic E-state index is 9.45. The molecule has 0 amide bonds. The second kappa shape index (κ2) is 6.64. The summed E-state index contributed by atoms with van der Waals surface area (Å²) in [5.41, 5.74) is 1.23. The van der Waals surface area contributed by atoms with Gasteiger partial charge in [0, 0.05) is 17.6 Å². The van der Waals surface area contributed by atoms with E-state index in [1.165, 1.54) is 5.56 Å². The zero-order valence-corrected chi connectivity index (χ0v) is 11.2. The van der Waals surface area contributed by atoms with Crippen molar-refractivity contribution >= 4 is 11.3 Å². The highest BCUT2D eigenvalue weighted by Crippen LogP contribution is 2.16. The van der Waals surface area contributed by atoms with Gasteiger partial charge in [0.1, 0.15) is 5.01 Å². The Labute approximate surface area is 112 Å². The van der Waals surface area contributed by atoms with Crippen molar-refractivity contribution < 1.29 is 5.11 Å². The molecule has 0 aliphatic rings. The van der Waals surface area contributed by atoms with Crippen LogP contribution in [0, 0.1) is 0 Å². The van der Waals surface area contributed by atoms with Crippen LogP contribution >= 0.6 is 11.3 Å². The predicted molar refractivity (Wildman–Crippen MR) is 74.7 cm³/mol. The molecule has 2 rings (SSSR count). The molecule has 0 spiro atoms. The number of nitrogens with one attached hydrogen (secondary N) is 1. The largest absolute Gasteiger partial charge is 0.395 e. The number of benzene rings is 1. The van der Waals surface area contributed by atoms with Gasteiger partial charge in [0.15, 0.2) is 0 Å². The Morgan fingerprint density at radius 1 is 1.33 bits per heavy atom. The molecule has 0 aliphatic carbocycles. The van der Waals surface area contributed by atoms with E-state index in [2.05, 4.69) is 29.4 Å². The molecule has 2 atom stereocenters. The molecule has 18 heavy (non-hydrogen) atoms. The second-order valence-corrected chi connectivity index (χ2v) is 5.25. The van der Waals surface area contributed by atoms with E-state index in [1.54, 1.807) is 11.3 Å². The van der Waals surface area contributed by atoms with Gasteiger partial charge in [-0.05, 0) is 18.9 Å². The summed E-state index contributed by atoms with van der Waals surface area (Å²) in [4.78, 5) is 4.28. The summed E-state index contributed by atoms with van der Waals surface area (Å²) < 4.78 is 0. The number of hydrogen-bond donors (Lipinski definition) is 2. The number of thiazole rings is 1. The SMILES string of the molecule is CC(N[C@H](CO)Cc1ccccc1)c1nccs1. The van der Waals surface area contributed by atoms with Gasteiger partial charge in [0.2, 0.25) is 0 Å². The van der Waals surface area contributed by atoms with Crippen LogP contribution in [0.1, 0.15) is 23.5 Å². The Kier molecular flexibility index (Phi) is 4.87. The highest BCUT2D eigenvalue weighted by atomic mass is 32.1. The second-order valence-electron chi connectivity index (χ2n) is 4.33. The summed E-state index contributed by atoms with van der Waals surface area (Å²) in [6.07, 6.45) is 2.64. The third kappa shape index (κ3) is 3.63. The molecule has 0 aliphatic heterocycles. The normalized spacial score (nSPS) is 14.3. The van der Waals surface area contributed by atoms with Crippen molar-refractivity contribution in [1.82, 2.24) is 10.3 Å². The average Bonchev–Trinajstić information content (AvgIpc) is 2.93. The molecule has 3 nitrogen and oxygen atoms in total. The molecule has 0 saturated heterocycles. The molecule has 1 aromatic heterocycles. The Morgan fingerprint density at radius 2 is 2.11 bits per heavy atom. The quantitative estimate of drug-likeness (QED) is 0.840. The van der Waals surface area contributed by atoms with E-state index in [1.807, 2.05) is 29.8 Å². The van der Waals surface area contributed by atoms with Crippen molar-refractivity contribution in [3.63, 3.8) is 0 Å². The first-order valence-electron chi connectivity index (χ1n) is 6.10. The maximum Gasteiger partial charge on any atom is 0.109 e. The number of rotatable bonds is 6. The summed E-state index contributed by atoms with van der Waals surface area (Å²) in [6, 6.07) is 10.4. The van der Waals surface area contributed by atoms with Gasteiger partial charge in [0.05, 0.1) is 12.6 Å². The van der Waals surface area contributed by atoms with Gasteiger partial charge in [-0.25, -0.2) is 4.98 Å². The smallest absolute Gasteiger partial charge is 0.109 e. The zero-order chi connectivity index (χ0) is 12.8. The molecular weight excluding hydrogens is 244 g/mol. The van der Waals surface area contributed by atoms with Crippen LogP contribution in [0.2, 0.25) is 0 Å². The molecule has 0 fully saturated rings. The first kappa shape index (κ1) is 13.2. The van der Waals surface area contributed by atoms with E-state index in [0.29, 0.717) is 0 Å². The highest BCUT2D eigenvalue weighted by molar-refractivity contribution is 7.09. The van der Waals surface area contributed by atoms with Crippen LogP contribution in [0.25, 0.3) is 0 Å². The molecule has 1 aromatic carbocycles. The monoisotopic (exact) mass is 262 g/mol. The molecule has 0 radical (unpaired) electrons. The summed E-state index contributed by atoms with van der Waals surface area (Å²) >= 11 is 1.63. The Balaban J connectivity index is 1.93. The summed E-state index contributed by atoms with van der Waals surface area (Å²) in [5, 5.41) is 15.9. The van der Waals surface area contributed by atoms with Gasteiger partial charge < -0.3 is 10.4 Å². The van der Waals surface area contributed by atoms with Gasteiger partial charge in [0.25, 0.3) is 0 Å². The van der Waals surface area contributed by atoms with E-state index in [9.17, 15) is 5.11 Å². The summed E-state index contributed by atoms with van der Waals surface area (Å²) in [7, 11) is 0. The number of aromatic nitrogens is 1. The van der Waals surface area contributed by atoms with Crippen LogP contribution in [0.15, 0.2) is 41.9 Å². The Morgan fingerprint density at radius 3 is 2.72 bits per heavy atom. The topological polar surface area (TPSA) is 45.1 Å². The number of hydrogen-bond acceptors (Lipinski definition) is 4. The Bertz CT molecular complexity index is 444. The molecule has 4 heteroatoms. The molecule has 0 saturated carbocycles. The van der Waals surface area contributed by atoms with Crippen molar-refractivity contribution in [1.29, 1.82) is 0 Å². The van der Waals surface area contributed by atoms with Gasteiger partial charge in [-0.15, -0.1) is 11.3 Å². The van der Waals surface area contributed by atoms with Gasteiger partial charge in [-0.1, -0.05) is 30.3 Å². The van der Waals surface area contributed by atoms with Gasteiger partial charge >= 0.3 is 0 Å². The van der Waals surface area contributed by atoms with Crippen molar-refractivity contribution in [2.24, 2.45) is 0 Å². The van der Waals surface area contributed by atoms with Crippen LogP contribution in [-0.4, -0.2) is 22.7 Å². The zero-order valence-electron chi connectivity index (χ0n) is 10.4. The molecular formula is C14H18N2OS. The highest BCUT2D eigenvalue weighted by Gasteiger charge is 2.14. The van der Waals surface area contributed by atoms with E-state index < -0.39 is 0 Å². The Hall–Kier alpha value is -1.23. The minimum atomic E-state index is 0.0614. The lowest BCUT2D eigenvalue weighted by atomic mass is 10.1. The lowest BCUT2D eigenvalue weighted by molar-refractivity contribution is 0.232. The minimum absolute atomic E-state index is 0.0614. The van der Waals surface area contributed by atoms with E-state index in [4.69, 9.17) is 0 Å². The molecule has 2 aromatic rings. The van der Waals surface area contributed by atoms with Crippen molar-refractivity contribution in [3.8, 4) is 0 Å². The lowest BCUT2D eigenvalue weighted by Crippen LogP contribution is -2.36. The number of nitrogens with zero attached hydrogens (tertiary/aromatic N) is 1. The van der Waals surface area contributed by atoms with Crippen molar-refractivity contribution in [2.75, 3.05) is 6.61 Å². The van der Waals surface area contributed by atoms with E-state index >= 15 is 0 Å². The molecule has 2 N–H and O–H groups in total. The fourth-order valence-corrected chi connectivity index (χ4v) is 2.60. The minimum Gasteiger partial charge on any atom is -0.395 e. The van der Waals surface area contributed by atoms with Crippen LogP contribution < -0.4 is 5.32 Å². The first-order chi connectivity index (χ1) is 8.79. The predicted octanol–water partition coefficient (Wildman–Crippen LogP) is 2.40. The third-order valence-corrected chi connectivity index (χ3v) is 3.81. The number of aliphatic hydroxyl groups excluding tert-OH is 1. The van der Waals surface area contributed by atoms with Crippen LogP contribution in [-0.2, 0) is 6.42 Å². The van der Waals surface area contributed by atoms with Crippen LogP contribution in [0.3, 0.4) is 0 Å². The molecule has 96 valence electrons. The molecule has 1 heterocycles. The molecule has 1 unspecified atom stereocenters. The standard InChI is InChI=1S/C14H18N2OS/c1-11(14-15-7-8-18-14)16-13(10-17)9-12-5-3-2-4-6-12/h2-8,11,13,16-17H,9-10H2,1H3/t11?,13-/m0/s1. The summed E-state index contributed by atoms with van der Waals surface area (Å²) in [5.74, 6) is 0. The van der Waals surface area contributed by atoms with Crippen molar-refractivity contribution in [2.45, 2.75) is 25.4 Å². The van der Waals surface area contributed by atoms with E-state index in [0.717, 1.165) is 11.4 Å². The lowest BCUT2D eigenvalue weighted by Gasteiger charge is -2.20. The molecule has 0 bridgehead atoms. The van der Waals surface area contributed by atoms with Crippen LogP contribution in [0.4, 0.5) is 0 Å². The average molecular weight is 262 g/mol. The van der Waals surface area contributed by atoms with Gasteiger partial charge in [-0.2, -0.15) is 0 Å². The maximum atomic E-state index is 9.45. The fraction of sp³-hybridized carbons (Fsp3) is 0.357. The van der Waals surface area contributed by atoms with Gasteiger partial charge in [-0.3, -0.25) is 0 Å². The third-order valence-electron chi connectivity index (χ3n) is 2.85.